The van der Waals surface area contributed by atoms with Crippen LogP contribution < -0.4 is 22.5 Å². The predicted molar refractivity (Wildman–Crippen MR) is 151 cm³/mol. The van der Waals surface area contributed by atoms with Gasteiger partial charge in [0.15, 0.2) is 0 Å². The lowest BCUT2D eigenvalue weighted by Gasteiger charge is -2.35. The molecule has 0 aliphatic carbocycles. The monoisotopic (exact) mass is 596 g/mol. The van der Waals surface area contributed by atoms with Crippen LogP contribution >= 0.6 is 0 Å². The number of carbonyl (C=O) groups excluding carboxylic acids is 2. The zero-order valence-electron chi connectivity index (χ0n) is 23.2. The van der Waals surface area contributed by atoms with Crippen molar-refractivity contribution in [3.8, 4) is 11.3 Å². The topological polar surface area (TPSA) is 173 Å². The maximum Gasteiger partial charge on any atom is 0.434 e. The Morgan fingerprint density at radius 2 is 1.79 bits per heavy atom. The Labute approximate surface area is 243 Å². The molecule has 0 bridgehead atoms. The number of nitrogens with zero attached hydrogens (tertiary/aromatic N) is 3. The van der Waals surface area contributed by atoms with Gasteiger partial charge in [-0.1, -0.05) is 6.92 Å². The molecule has 0 saturated carbocycles. The number of ether oxygens (including phenoxy) is 1. The molecule has 224 valence electrons. The maximum absolute atomic E-state index is 14.4. The molecule has 43 heavy (non-hydrogen) atoms. The Morgan fingerprint density at radius 1 is 1.09 bits per heavy atom. The van der Waals surface area contributed by atoms with Crippen LogP contribution in [0.5, 0.6) is 0 Å². The Morgan fingerprint density at radius 3 is 2.35 bits per heavy atom. The summed E-state index contributed by atoms with van der Waals surface area (Å²) in [4.78, 5) is 39.9. The number of alkyl halides is 3. The normalized spacial score (nSPS) is 13.4. The molecule has 0 saturated heterocycles. The number of halogens is 3. The molecule has 4 aromatic rings. The van der Waals surface area contributed by atoms with Crippen molar-refractivity contribution in [1.29, 1.82) is 0 Å². The van der Waals surface area contributed by atoms with Crippen molar-refractivity contribution in [2.24, 2.45) is 17.3 Å². The summed E-state index contributed by atoms with van der Waals surface area (Å²) >= 11 is 0. The van der Waals surface area contributed by atoms with Crippen LogP contribution in [0.25, 0.3) is 16.8 Å². The predicted octanol–water partition coefficient (Wildman–Crippen LogP) is 2.93. The number of nitrogens with two attached hydrogens (primary N) is 3. The highest BCUT2D eigenvalue weighted by Crippen LogP contribution is 2.41. The molecule has 7 N–H and O–H groups in total. The lowest BCUT2D eigenvalue weighted by Crippen LogP contribution is -2.55. The van der Waals surface area contributed by atoms with Gasteiger partial charge in [0.2, 0.25) is 5.60 Å². The molecule has 11 nitrogen and oxygen atoms in total. The SMILES string of the molecule is CCC(OC(=O)c1ccc([NH+]=O)cc1)(/C(N)=C/N(N)Cc1ccn2c(-c3ccc(C)nc3)c(C(N)=O)cc2c1)C(F)(F)F. The highest BCUT2D eigenvalue weighted by atomic mass is 19.4. The Bertz CT molecular complexity index is 1700. The smallest absolute Gasteiger partial charge is 0.434 e. The minimum atomic E-state index is -5.09. The second kappa shape index (κ2) is 11.9. The van der Waals surface area contributed by atoms with Gasteiger partial charge in [-0.05, 0) is 61.4 Å². The molecule has 3 aromatic heterocycles. The van der Waals surface area contributed by atoms with Gasteiger partial charge in [0.1, 0.15) is 0 Å². The third-order valence-electron chi connectivity index (χ3n) is 6.89. The average molecular weight is 597 g/mol. The Kier molecular flexibility index (Phi) is 8.52. The molecule has 1 atom stereocenters. The van der Waals surface area contributed by atoms with Crippen molar-refractivity contribution < 1.29 is 32.7 Å². The quantitative estimate of drug-likeness (QED) is 0.123. The van der Waals surface area contributed by atoms with Crippen molar-refractivity contribution in [2.75, 3.05) is 0 Å². The van der Waals surface area contributed by atoms with E-state index in [9.17, 15) is 27.7 Å². The summed E-state index contributed by atoms with van der Waals surface area (Å²) in [6, 6.07) is 13.3. The number of aryl methyl sites for hydroxylation is 1. The zero-order chi connectivity index (χ0) is 31.5. The van der Waals surface area contributed by atoms with Crippen molar-refractivity contribution in [2.45, 2.75) is 38.6 Å². The first-order valence-electron chi connectivity index (χ1n) is 12.9. The summed E-state index contributed by atoms with van der Waals surface area (Å²) in [5.41, 5.74) is 10.8. The summed E-state index contributed by atoms with van der Waals surface area (Å²) in [6.07, 6.45) is -1.67. The number of fused-ring (bicyclic) bond motifs is 1. The van der Waals surface area contributed by atoms with Crippen LogP contribution in [-0.4, -0.2) is 38.0 Å². The van der Waals surface area contributed by atoms with E-state index in [2.05, 4.69) is 4.98 Å². The molecule has 0 fully saturated rings. The molecular weight excluding hydrogens is 567 g/mol. The van der Waals surface area contributed by atoms with Gasteiger partial charge in [-0.3, -0.25) is 9.78 Å². The molecule has 0 aliphatic heterocycles. The number of rotatable bonds is 10. The third-order valence-corrected chi connectivity index (χ3v) is 6.89. The standard InChI is InChI=1S/C29H28F3N7O4/c1-3-28(29(30,31)32,43-27(41)19-6-8-21(37-42)9-7-19)24(33)16-38(35)15-18-10-11-39-22(12-18)13-23(26(34)40)25(39)20-5-4-17(2)36-14-20/h4-14,16H,3,15,33,35H2,1-2H3,(H2,34,40)/p+1/b24-16-. The van der Waals surface area contributed by atoms with Crippen LogP contribution in [0, 0.1) is 11.8 Å². The van der Waals surface area contributed by atoms with Crippen LogP contribution in [0.4, 0.5) is 18.9 Å². The first-order valence-corrected chi connectivity index (χ1v) is 12.9. The number of nitrogens with one attached hydrogen (secondary N) is 1. The molecule has 3 heterocycles. The van der Waals surface area contributed by atoms with E-state index in [4.69, 9.17) is 22.0 Å². The molecule has 0 radical (unpaired) electrons. The number of hydrazine groups is 1. The average Bonchev–Trinajstić information content (AvgIpc) is 3.34. The molecule has 1 amide bonds. The maximum atomic E-state index is 14.4. The van der Waals surface area contributed by atoms with Crippen LogP contribution in [0.2, 0.25) is 0 Å². The van der Waals surface area contributed by atoms with Gasteiger partial charge in [-0.15, -0.1) is 0 Å². The van der Waals surface area contributed by atoms with Gasteiger partial charge in [0.05, 0.1) is 29.1 Å². The minimum absolute atomic E-state index is 0.0923. The molecule has 4 rings (SSSR count). The van der Waals surface area contributed by atoms with E-state index in [0.29, 0.717) is 22.3 Å². The number of nitroso groups, excluding NO2 is 1. The highest BCUT2D eigenvalue weighted by Gasteiger charge is 2.59. The number of primary amides is 1. The summed E-state index contributed by atoms with van der Waals surface area (Å²) in [5, 5.41) is 2.54. The van der Waals surface area contributed by atoms with E-state index in [1.54, 1.807) is 46.2 Å². The lowest BCUT2D eigenvalue weighted by atomic mass is 9.95. The van der Waals surface area contributed by atoms with Crippen molar-refractivity contribution in [1.82, 2.24) is 14.4 Å². The number of pyridine rings is 2. The van der Waals surface area contributed by atoms with E-state index in [0.717, 1.165) is 29.0 Å². The molecule has 14 heteroatoms. The third kappa shape index (κ3) is 6.18. The van der Waals surface area contributed by atoms with Gasteiger partial charge >= 0.3 is 12.1 Å². The number of carbonyl (C=O) groups is 2. The Hall–Kier alpha value is -5.24. The molecule has 0 aliphatic rings. The number of esters is 1. The number of amides is 1. The summed E-state index contributed by atoms with van der Waals surface area (Å²) in [7, 11) is 0. The van der Waals surface area contributed by atoms with Crippen molar-refractivity contribution >= 4 is 23.1 Å². The number of hydrogen-bond donors (Lipinski definition) is 4. The van der Waals surface area contributed by atoms with E-state index < -0.39 is 35.8 Å². The van der Waals surface area contributed by atoms with E-state index in [1.165, 1.54) is 19.1 Å². The number of aromatic nitrogens is 2. The largest absolute Gasteiger partial charge is 0.439 e. The fourth-order valence-corrected chi connectivity index (χ4v) is 4.60. The zero-order valence-corrected chi connectivity index (χ0v) is 23.2. The van der Waals surface area contributed by atoms with Crippen molar-refractivity contribution in [3.05, 3.63) is 106 Å². The van der Waals surface area contributed by atoms with E-state index in [1.807, 2.05) is 13.0 Å². The minimum Gasteiger partial charge on any atom is -0.439 e. The van der Waals surface area contributed by atoms with Crippen molar-refractivity contribution in [3.63, 3.8) is 0 Å². The van der Waals surface area contributed by atoms with Gasteiger partial charge < -0.3 is 25.6 Å². The van der Waals surface area contributed by atoms with E-state index >= 15 is 0 Å². The first-order chi connectivity index (χ1) is 20.3. The number of hydrogen-bond acceptors (Lipinski definition) is 8. The van der Waals surface area contributed by atoms with Gasteiger partial charge in [0, 0.05) is 57.6 Å². The molecule has 1 unspecified atom stereocenters. The molecule has 1 aromatic carbocycles. The molecular formula is C29H29F3N7O4+. The van der Waals surface area contributed by atoms with Crippen LogP contribution in [0.3, 0.4) is 0 Å². The van der Waals surface area contributed by atoms with Crippen LogP contribution in [0.1, 0.15) is 45.3 Å². The van der Waals surface area contributed by atoms with Crippen LogP contribution in [-0.2, 0) is 11.3 Å². The van der Waals surface area contributed by atoms with E-state index in [-0.39, 0.29) is 23.4 Å². The number of benzene rings is 1. The molecule has 0 spiro atoms. The summed E-state index contributed by atoms with van der Waals surface area (Å²) < 4.78 is 49.9. The van der Waals surface area contributed by atoms with Crippen LogP contribution in [0.15, 0.2) is 78.9 Å². The summed E-state index contributed by atoms with van der Waals surface area (Å²) in [5.74, 6) is 4.11. The lowest BCUT2D eigenvalue weighted by molar-refractivity contribution is -0.379. The van der Waals surface area contributed by atoms with Gasteiger partial charge in [-0.2, -0.15) is 13.2 Å². The first kappa shape index (κ1) is 30.7. The van der Waals surface area contributed by atoms with Gasteiger partial charge in [-0.25, -0.2) is 10.6 Å². The second-order valence-electron chi connectivity index (χ2n) is 9.79. The second-order valence-corrected chi connectivity index (χ2v) is 9.79. The fraction of sp³-hybridized carbons (Fsp3) is 0.207. The van der Waals surface area contributed by atoms with Gasteiger partial charge in [0.25, 0.3) is 11.6 Å². The Balaban J connectivity index is 1.63. The summed E-state index contributed by atoms with van der Waals surface area (Å²) in [6.45, 7) is 2.91. The fourth-order valence-electron chi connectivity index (χ4n) is 4.60. The highest BCUT2D eigenvalue weighted by molar-refractivity contribution is 6.01.